The van der Waals surface area contributed by atoms with Gasteiger partial charge in [-0.25, -0.2) is 9.59 Å². The molecular weight excluding hydrogens is 1320 g/mol. The molecule has 0 bridgehead atoms. The minimum atomic E-state index is -0.912. The van der Waals surface area contributed by atoms with E-state index in [0.717, 1.165) is 32.1 Å². The third kappa shape index (κ3) is 13.5. The molecule has 18 nitrogen and oxygen atoms in total. The number of hydrogen-bond acceptors (Lipinski definition) is 16. The summed E-state index contributed by atoms with van der Waals surface area (Å²) < 4.78 is 62.9. The summed E-state index contributed by atoms with van der Waals surface area (Å²) in [6.07, 6.45) is 0.0381. The molecule has 11 aromatic carbocycles. The van der Waals surface area contributed by atoms with Gasteiger partial charge in [0.05, 0.1) is 35.5 Å². The van der Waals surface area contributed by atoms with Crippen molar-refractivity contribution < 1.29 is 76.1 Å². The molecule has 0 radical (unpaired) electrons. The van der Waals surface area contributed by atoms with Crippen molar-refractivity contribution in [3.63, 3.8) is 0 Å². The fourth-order valence-corrected chi connectivity index (χ4v) is 13.3. The number of ether oxygens (including phenoxy) is 10. The third-order valence-corrected chi connectivity index (χ3v) is 19.2. The van der Waals surface area contributed by atoms with Crippen molar-refractivity contribution >= 4 is 78.7 Å². The highest BCUT2D eigenvalue weighted by Gasteiger charge is 2.43. The molecule has 528 valence electrons. The molecule has 0 aliphatic carbocycles. The van der Waals surface area contributed by atoms with Crippen LogP contribution in [0.25, 0.3) is 43.1 Å². The number of hydrogen-bond donors (Lipinski definition) is 0. The SMILES string of the molecule is CC(C)(C)c1ccc(Oc2cc3c4c(cc(Oc5ccc(C(C)(C)C)cc5)c5c6c(Oc7ccc(C(C)(C)C)cc7)cc7c8c(cc(Oc9ccc(C(C)(C)C)cc9)c(c2c45)c86)C(=O)N(CC(=O)Oc2ccc(OCC4CO4)cc2)C7=O)C(=O)N(CC(=O)Oc2ccc(OCC4CO4)cc2)C3=O)cc1. The molecule has 0 aromatic heterocycles. The van der Waals surface area contributed by atoms with E-state index in [1.807, 2.05) is 97.1 Å². The second kappa shape index (κ2) is 25.9. The number of benzene rings is 11. The molecule has 4 heterocycles. The lowest BCUT2D eigenvalue weighted by Gasteiger charge is -2.32. The smallest absolute Gasteiger partial charge is 0.331 e. The van der Waals surface area contributed by atoms with E-state index in [0.29, 0.717) is 60.9 Å². The second-order valence-electron chi connectivity index (χ2n) is 31.0. The predicted octanol–water partition coefficient (Wildman–Crippen LogP) is 18.1. The summed E-state index contributed by atoms with van der Waals surface area (Å²) >= 11 is 0. The first-order chi connectivity index (χ1) is 49.5. The van der Waals surface area contributed by atoms with Crippen LogP contribution in [0, 0.1) is 0 Å². The van der Waals surface area contributed by atoms with Crippen molar-refractivity contribution in [3.8, 4) is 69.0 Å². The van der Waals surface area contributed by atoms with Gasteiger partial charge in [-0.15, -0.1) is 0 Å². The average molecular weight is 1400 g/mol. The molecular formula is C86H78N2O16. The molecule has 2 atom stereocenters. The first-order valence-electron chi connectivity index (χ1n) is 34.8. The quantitative estimate of drug-likeness (QED) is 0.0174. The number of carbonyl (C=O) groups is 6. The van der Waals surface area contributed by atoms with Crippen molar-refractivity contribution in [3.05, 3.63) is 214 Å². The highest BCUT2D eigenvalue weighted by atomic mass is 16.6. The standard InChI is InChI=1S/C86H78N2O16/c1-83(2,3)47-13-21-53(22-14-47)99-65-37-61-71-62(80(92)87(79(61)91)41-69(89)103-57-33-29-51(30-34-57)95-43-59-45-97-59)39-67(101-55-25-17-49(18-26-55)85(7,8)9)75-76-68(102-56-27-19-50(20-28-56)86(10,11)12)40-64-72-63(38-66(74(78(72)76)73(65)77(71)75)100-54-23-15-48(16-24-54)84(4,5)6)81(93)88(82(64)94)42-70(90)104-58-35-31-52(32-36-58)96-44-60-46-98-60/h13-40,59-60H,41-46H2,1-12H3. The summed E-state index contributed by atoms with van der Waals surface area (Å²) in [5.74, 6) is -2.14. The molecule has 2 fully saturated rings. The minimum absolute atomic E-state index is 0.0190. The van der Waals surface area contributed by atoms with E-state index in [9.17, 15) is 9.59 Å². The zero-order valence-corrected chi connectivity index (χ0v) is 60.0. The van der Waals surface area contributed by atoms with Gasteiger partial charge in [0.2, 0.25) is 0 Å². The van der Waals surface area contributed by atoms with E-state index in [1.54, 1.807) is 72.8 Å². The lowest BCUT2D eigenvalue weighted by Crippen LogP contribution is -2.44. The number of amides is 4. The van der Waals surface area contributed by atoms with Gasteiger partial charge in [-0.3, -0.25) is 29.0 Å². The summed E-state index contributed by atoms with van der Waals surface area (Å²) in [4.78, 5) is 93.9. The normalized spacial score (nSPS) is 15.8. The molecule has 2 saturated heterocycles. The molecule has 4 amide bonds. The largest absolute Gasteiger partial charge is 0.491 e. The summed E-state index contributed by atoms with van der Waals surface area (Å²) in [6.45, 7) is 25.5. The van der Waals surface area contributed by atoms with Crippen LogP contribution in [0.2, 0.25) is 0 Å². The number of imide groups is 2. The highest BCUT2D eigenvalue weighted by molar-refractivity contribution is 6.45. The highest BCUT2D eigenvalue weighted by Crippen LogP contribution is 2.58. The first-order valence-corrected chi connectivity index (χ1v) is 34.8. The third-order valence-electron chi connectivity index (χ3n) is 19.2. The summed E-state index contributed by atoms with van der Waals surface area (Å²) in [7, 11) is 0. The fourth-order valence-electron chi connectivity index (χ4n) is 13.3. The Balaban J connectivity index is 0.999. The molecule has 4 aliphatic heterocycles. The van der Waals surface area contributed by atoms with Crippen molar-refractivity contribution in [2.24, 2.45) is 0 Å². The minimum Gasteiger partial charge on any atom is -0.491 e. The molecule has 11 aromatic rings. The summed E-state index contributed by atoms with van der Waals surface area (Å²) in [6, 6.07) is 49.3. The monoisotopic (exact) mass is 1390 g/mol. The van der Waals surface area contributed by atoms with Crippen LogP contribution in [-0.4, -0.2) is 97.1 Å². The van der Waals surface area contributed by atoms with E-state index in [-0.39, 0.29) is 134 Å². The number of esters is 2. The van der Waals surface area contributed by atoms with E-state index in [1.165, 1.54) is 0 Å². The Bertz CT molecular complexity index is 4700. The maximum atomic E-state index is 15.9. The van der Waals surface area contributed by atoms with Gasteiger partial charge >= 0.3 is 11.9 Å². The van der Waals surface area contributed by atoms with Crippen molar-refractivity contribution in [2.45, 2.75) is 117 Å². The zero-order chi connectivity index (χ0) is 73.1. The van der Waals surface area contributed by atoms with Gasteiger partial charge in [-0.2, -0.15) is 0 Å². The summed E-state index contributed by atoms with van der Waals surface area (Å²) in [5, 5.41) is 1.99. The molecule has 0 spiro atoms. The van der Waals surface area contributed by atoms with E-state index in [4.69, 9.17) is 47.4 Å². The zero-order valence-electron chi connectivity index (χ0n) is 60.0. The number of fused-ring (bicyclic) bond motifs is 2. The predicted molar refractivity (Wildman–Crippen MR) is 394 cm³/mol. The molecule has 0 saturated carbocycles. The Kier molecular flexibility index (Phi) is 17.0. The van der Waals surface area contributed by atoms with Gasteiger partial charge in [-0.05, 0) is 165 Å². The van der Waals surface area contributed by atoms with Crippen LogP contribution in [0.3, 0.4) is 0 Å². The van der Waals surface area contributed by atoms with Crippen LogP contribution in [0.15, 0.2) is 170 Å². The number of nitrogens with zero attached hydrogens (tertiary/aromatic N) is 2. The first kappa shape index (κ1) is 68.4. The number of rotatable bonds is 20. The molecule has 104 heavy (non-hydrogen) atoms. The van der Waals surface area contributed by atoms with Crippen LogP contribution in [0.5, 0.6) is 69.0 Å². The lowest BCUT2D eigenvalue weighted by atomic mass is 9.80. The molecule has 4 aliphatic rings. The van der Waals surface area contributed by atoms with Gasteiger partial charge in [0.1, 0.15) is 108 Å². The van der Waals surface area contributed by atoms with E-state index >= 15 is 19.2 Å². The maximum Gasteiger partial charge on any atom is 0.331 e. The number of epoxide rings is 2. The fraction of sp³-hybridized carbons (Fsp3) is 0.279. The van der Waals surface area contributed by atoms with Crippen molar-refractivity contribution in [1.29, 1.82) is 0 Å². The van der Waals surface area contributed by atoms with Gasteiger partial charge in [0, 0.05) is 43.1 Å². The van der Waals surface area contributed by atoms with Crippen LogP contribution < -0.4 is 37.9 Å². The Hall–Kier alpha value is -11.3. The van der Waals surface area contributed by atoms with E-state index < -0.39 is 48.7 Å². The topological polar surface area (TPSA) is 208 Å². The molecule has 15 rings (SSSR count). The molecule has 0 N–H and O–H groups in total. The van der Waals surface area contributed by atoms with Crippen LogP contribution in [0.4, 0.5) is 0 Å². The van der Waals surface area contributed by atoms with Crippen molar-refractivity contribution in [2.75, 3.05) is 39.5 Å². The second-order valence-corrected chi connectivity index (χ2v) is 31.0. The van der Waals surface area contributed by atoms with Gasteiger partial charge < -0.3 is 47.4 Å². The van der Waals surface area contributed by atoms with Crippen molar-refractivity contribution in [1.82, 2.24) is 9.80 Å². The summed E-state index contributed by atoms with van der Waals surface area (Å²) in [5.41, 5.74) is 2.89. The van der Waals surface area contributed by atoms with Gasteiger partial charge in [-0.1, -0.05) is 132 Å². The van der Waals surface area contributed by atoms with E-state index in [2.05, 4.69) is 83.1 Å². The van der Waals surface area contributed by atoms with Crippen LogP contribution >= 0.6 is 0 Å². The molecule has 2 unspecified atom stereocenters. The van der Waals surface area contributed by atoms with Crippen LogP contribution in [-0.2, 0) is 40.7 Å². The lowest BCUT2D eigenvalue weighted by molar-refractivity contribution is -0.135. The van der Waals surface area contributed by atoms with Crippen LogP contribution in [0.1, 0.15) is 147 Å². The Labute approximate surface area is 601 Å². The Morgan fingerprint density at radius 1 is 0.327 bits per heavy atom. The number of carbonyl (C=O) groups excluding carboxylic acids is 6. The Morgan fingerprint density at radius 2 is 0.548 bits per heavy atom. The maximum absolute atomic E-state index is 15.9. The average Bonchev–Trinajstić information content (AvgIpc) is 1.11. The van der Waals surface area contributed by atoms with Gasteiger partial charge in [0.25, 0.3) is 23.6 Å². The van der Waals surface area contributed by atoms with Gasteiger partial charge in [0.15, 0.2) is 0 Å². The Morgan fingerprint density at radius 3 is 0.769 bits per heavy atom. The molecule has 18 heteroatoms.